The lowest BCUT2D eigenvalue weighted by molar-refractivity contribution is -0.150. The molecule has 1 saturated carbocycles. The molecule has 1 aliphatic carbocycles. The van der Waals surface area contributed by atoms with Crippen molar-refractivity contribution < 1.29 is 14.7 Å². The van der Waals surface area contributed by atoms with Gasteiger partial charge in [0.1, 0.15) is 6.04 Å². The molecule has 0 radical (unpaired) electrons. The molecule has 3 atom stereocenters. The van der Waals surface area contributed by atoms with Gasteiger partial charge in [-0.25, -0.2) is 4.79 Å². The lowest BCUT2D eigenvalue weighted by atomic mass is 9.84. The first-order chi connectivity index (χ1) is 9.29. The van der Waals surface area contributed by atoms with E-state index in [1.807, 2.05) is 13.8 Å². The van der Waals surface area contributed by atoms with E-state index in [9.17, 15) is 14.7 Å². The monoisotopic (exact) mass is 282 g/mol. The highest BCUT2D eigenvalue weighted by atomic mass is 16.4. The number of carbonyl (C=O) groups excluding carboxylic acids is 1. The van der Waals surface area contributed by atoms with Crippen molar-refractivity contribution in [1.82, 2.24) is 4.90 Å². The van der Waals surface area contributed by atoms with Gasteiger partial charge >= 0.3 is 5.97 Å². The number of carboxylic acid groups (broad SMARTS) is 1. The van der Waals surface area contributed by atoms with Crippen LogP contribution in [0.3, 0.4) is 0 Å². The average Bonchev–Trinajstić information content (AvgIpc) is 2.74. The Morgan fingerprint density at radius 1 is 1.30 bits per heavy atom. The van der Waals surface area contributed by atoms with Gasteiger partial charge in [-0.1, -0.05) is 12.8 Å². The van der Waals surface area contributed by atoms with Gasteiger partial charge in [0.15, 0.2) is 0 Å². The van der Waals surface area contributed by atoms with Crippen molar-refractivity contribution in [3.05, 3.63) is 0 Å². The Balaban J connectivity index is 2.08. The molecule has 0 bridgehead atoms. The Bertz CT molecular complexity index is 389. The second kappa shape index (κ2) is 5.72. The van der Waals surface area contributed by atoms with Crippen LogP contribution in [0.15, 0.2) is 0 Å². The van der Waals surface area contributed by atoms with E-state index in [1.165, 1.54) is 0 Å². The smallest absolute Gasteiger partial charge is 0.326 e. The van der Waals surface area contributed by atoms with Crippen LogP contribution in [0.25, 0.3) is 0 Å². The number of hydrogen-bond donors (Lipinski definition) is 2. The fourth-order valence-electron chi connectivity index (χ4n) is 3.60. The SMILES string of the molecule is CC(C)(N)CCC(=O)N1C(C(=O)O)CC2CCCCC21. The summed E-state index contributed by atoms with van der Waals surface area (Å²) in [5.41, 5.74) is 5.53. The summed E-state index contributed by atoms with van der Waals surface area (Å²) in [6, 6.07) is -0.491. The van der Waals surface area contributed by atoms with E-state index < -0.39 is 12.0 Å². The number of carboxylic acids is 1. The fraction of sp³-hybridized carbons (Fsp3) is 0.867. The third-order valence-electron chi connectivity index (χ3n) is 4.64. The van der Waals surface area contributed by atoms with Gasteiger partial charge < -0.3 is 15.7 Å². The molecule has 0 spiro atoms. The Morgan fingerprint density at radius 2 is 1.95 bits per heavy atom. The van der Waals surface area contributed by atoms with Gasteiger partial charge in [0.2, 0.25) is 5.91 Å². The van der Waals surface area contributed by atoms with Gasteiger partial charge in [-0.3, -0.25) is 4.79 Å². The Hall–Kier alpha value is -1.10. The van der Waals surface area contributed by atoms with Crippen molar-refractivity contribution in [2.45, 2.75) is 76.4 Å². The molecular weight excluding hydrogens is 256 g/mol. The average molecular weight is 282 g/mol. The molecule has 1 saturated heterocycles. The molecule has 2 fully saturated rings. The molecule has 1 amide bonds. The number of amides is 1. The quantitative estimate of drug-likeness (QED) is 0.822. The van der Waals surface area contributed by atoms with E-state index >= 15 is 0 Å². The summed E-state index contributed by atoms with van der Waals surface area (Å²) in [6.07, 6.45) is 5.82. The number of carbonyl (C=O) groups is 2. The van der Waals surface area contributed by atoms with E-state index in [2.05, 4.69) is 0 Å². The minimum absolute atomic E-state index is 0.0367. The van der Waals surface area contributed by atoms with Crippen LogP contribution in [0.4, 0.5) is 0 Å². The lowest BCUT2D eigenvalue weighted by Gasteiger charge is -2.33. The number of fused-ring (bicyclic) bond motifs is 1. The number of rotatable bonds is 4. The molecule has 114 valence electrons. The third-order valence-corrected chi connectivity index (χ3v) is 4.64. The van der Waals surface area contributed by atoms with Crippen LogP contribution in [-0.2, 0) is 9.59 Å². The maximum Gasteiger partial charge on any atom is 0.326 e. The number of nitrogens with two attached hydrogens (primary N) is 1. The van der Waals surface area contributed by atoms with Gasteiger partial charge in [-0.2, -0.15) is 0 Å². The Morgan fingerprint density at radius 3 is 2.55 bits per heavy atom. The van der Waals surface area contributed by atoms with E-state index in [0.717, 1.165) is 25.7 Å². The maximum absolute atomic E-state index is 12.5. The minimum atomic E-state index is -0.861. The van der Waals surface area contributed by atoms with Crippen molar-refractivity contribution in [2.24, 2.45) is 11.7 Å². The van der Waals surface area contributed by atoms with Crippen LogP contribution in [-0.4, -0.2) is 39.5 Å². The Kier molecular flexibility index (Phi) is 4.37. The van der Waals surface area contributed by atoms with Crippen LogP contribution in [0.1, 0.15) is 58.8 Å². The predicted octanol–water partition coefficient (Wildman–Crippen LogP) is 1.75. The molecule has 5 nitrogen and oxygen atoms in total. The van der Waals surface area contributed by atoms with E-state index in [1.54, 1.807) is 4.90 Å². The largest absolute Gasteiger partial charge is 0.480 e. The molecule has 1 aliphatic heterocycles. The molecule has 1 heterocycles. The summed E-state index contributed by atoms with van der Waals surface area (Å²) >= 11 is 0. The van der Waals surface area contributed by atoms with Crippen molar-refractivity contribution in [2.75, 3.05) is 0 Å². The van der Waals surface area contributed by atoms with Gasteiger partial charge in [0.05, 0.1) is 0 Å². The van der Waals surface area contributed by atoms with Gasteiger partial charge in [0, 0.05) is 18.0 Å². The molecule has 5 heteroatoms. The van der Waals surface area contributed by atoms with E-state index in [4.69, 9.17) is 5.73 Å². The highest BCUT2D eigenvalue weighted by molar-refractivity contribution is 5.84. The molecule has 2 rings (SSSR count). The summed E-state index contributed by atoms with van der Waals surface area (Å²) in [6.45, 7) is 3.78. The van der Waals surface area contributed by atoms with E-state index in [0.29, 0.717) is 25.2 Å². The summed E-state index contributed by atoms with van der Waals surface area (Å²) in [5.74, 6) is -0.523. The van der Waals surface area contributed by atoms with Crippen molar-refractivity contribution >= 4 is 11.9 Å². The zero-order valence-electron chi connectivity index (χ0n) is 12.5. The summed E-state index contributed by atoms with van der Waals surface area (Å²) in [7, 11) is 0. The van der Waals surface area contributed by atoms with Gasteiger partial charge in [-0.05, 0) is 45.4 Å². The van der Waals surface area contributed by atoms with Crippen molar-refractivity contribution in [1.29, 1.82) is 0 Å². The van der Waals surface area contributed by atoms with Crippen molar-refractivity contribution in [3.63, 3.8) is 0 Å². The van der Waals surface area contributed by atoms with Crippen LogP contribution in [0.5, 0.6) is 0 Å². The molecule has 20 heavy (non-hydrogen) atoms. The van der Waals surface area contributed by atoms with Crippen LogP contribution < -0.4 is 5.73 Å². The van der Waals surface area contributed by atoms with Crippen molar-refractivity contribution in [3.8, 4) is 0 Å². The topological polar surface area (TPSA) is 83.6 Å². The molecule has 2 aliphatic rings. The predicted molar refractivity (Wildman–Crippen MR) is 76.1 cm³/mol. The minimum Gasteiger partial charge on any atom is -0.480 e. The second-order valence-corrected chi connectivity index (χ2v) is 6.99. The third kappa shape index (κ3) is 3.32. The zero-order chi connectivity index (χ0) is 14.9. The first-order valence-corrected chi connectivity index (χ1v) is 7.62. The number of hydrogen-bond acceptors (Lipinski definition) is 3. The summed E-state index contributed by atoms with van der Waals surface area (Å²) in [5, 5.41) is 9.39. The number of likely N-dealkylation sites (tertiary alicyclic amines) is 1. The molecule has 0 aromatic heterocycles. The number of nitrogens with zero attached hydrogens (tertiary/aromatic N) is 1. The van der Waals surface area contributed by atoms with Crippen LogP contribution in [0.2, 0.25) is 0 Å². The molecule has 3 unspecified atom stereocenters. The van der Waals surface area contributed by atoms with Gasteiger partial charge in [0.25, 0.3) is 0 Å². The Labute approximate surface area is 120 Å². The maximum atomic E-state index is 12.5. The van der Waals surface area contributed by atoms with Crippen LogP contribution >= 0.6 is 0 Å². The molecular formula is C15H26N2O3. The standard InChI is InChI=1S/C15H26N2O3/c1-15(2,16)8-7-13(18)17-11-6-4-3-5-10(11)9-12(17)14(19)20/h10-12H,3-9,16H2,1-2H3,(H,19,20). The highest BCUT2D eigenvalue weighted by Crippen LogP contribution is 2.40. The second-order valence-electron chi connectivity index (χ2n) is 6.99. The molecule has 3 N–H and O–H groups in total. The number of aliphatic carboxylic acids is 1. The summed E-state index contributed by atoms with van der Waals surface area (Å²) < 4.78 is 0. The highest BCUT2D eigenvalue weighted by Gasteiger charge is 2.47. The van der Waals surface area contributed by atoms with E-state index in [-0.39, 0.29) is 17.5 Å². The fourth-order valence-corrected chi connectivity index (χ4v) is 3.60. The lowest BCUT2D eigenvalue weighted by Crippen LogP contribution is -2.47. The first-order valence-electron chi connectivity index (χ1n) is 7.62. The molecule has 0 aromatic rings. The summed E-state index contributed by atoms with van der Waals surface area (Å²) in [4.78, 5) is 25.6. The van der Waals surface area contributed by atoms with Crippen LogP contribution in [0, 0.1) is 5.92 Å². The molecule has 0 aromatic carbocycles. The zero-order valence-corrected chi connectivity index (χ0v) is 12.5. The normalized spacial score (nSPS) is 30.1. The van der Waals surface area contributed by atoms with Gasteiger partial charge in [-0.15, -0.1) is 0 Å². The first kappa shape index (κ1) is 15.3.